The van der Waals surface area contributed by atoms with Crippen LogP contribution in [0, 0.1) is 0 Å². The zero-order valence-electron chi connectivity index (χ0n) is 10.3. The number of thiophene rings is 1. The smallest absolute Gasteiger partial charge is 0.323 e. The van der Waals surface area contributed by atoms with Crippen molar-refractivity contribution >= 4 is 17.3 Å². The Morgan fingerprint density at radius 2 is 2.42 bits per heavy atom. The lowest BCUT2D eigenvalue weighted by atomic mass is 9.77. The molecule has 1 saturated carbocycles. The standard InChI is InChI=1S/C13H14N2O3S/c16-12(17)13(4-2-5-13)14-7-9-8-18-11(15-9)10-3-1-6-19-10/h1,3,6,8,14H,2,4-5,7H2,(H,16,17). The summed E-state index contributed by atoms with van der Waals surface area (Å²) >= 11 is 1.56. The van der Waals surface area contributed by atoms with Crippen molar-refractivity contribution in [1.29, 1.82) is 0 Å². The van der Waals surface area contributed by atoms with E-state index in [9.17, 15) is 9.90 Å². The van der Waals surface area contributed by atoms with Crippen LogP contribution in [0.4, 0.5) is 0 Å². The number of hydrogen-bond donors (Lipinski definition) is 2. The topological polar surface area (TPSA) is 75.4 Å². The molecule has 0 amide bonds. The van der Waals surface area contributed by atoms with Gasteiger partial charge in [0.25, 0.3) is 0 Å². The number of carboxylic acid groups (broad SMARTS) is 1. The van der Waals surface area contributed by atoms with E-state index in [2.05, 4.69) is 10.3 Å². The molecule has 0 unspecified atom stereocenters. The van der Waals surface area contributed by atoms with E-state index in [1.165, 1.54) is 0 Å². The first-order chi connectivity index (χ1) is 9.20. The monoisotopic (exact) mass is 278 g/mol. The first kappa shape index (κ1) is 12.4. The molecule has 19 heavy (non-hydrogen) atoms. The second-order valence-corrected chi connectivity index (χ2v) is 5.66. The van der Waals surface area contributed by atoms with Crippen LogP contribution >= 0.6 is 11.3 Å². The van der Waals surface area contributed by atoms with Gasteiger partial charge in [0.05, 0.1) is 10.6 Å². The molecule has 1 fully saturated rings. The quantitative estimate of drug-likeness (QED) is 0.879. The summed E-state index contributed by atoms with van der Waals surface area (Å²) in [5, 5.41) is 14.3. The minimum atomic E-state index is -0.777. The summed E-state index contributed by atoms with van der Waals surface area (Å²) in [4.78, 5) is 16.5. The van der Waals surface area contributed by atoms with E-state index < -0.39 is 11.5 Å². The number of nitrogens with one attached hydrogen (secondary N) is 1. The number of carbonyl (C=O) groups is 1. The molecular formula is C13H14N2O3S. The van der Waals surface area contributed by atoms with E-state index in [1.807, 2.05) is 17.5 Å². The molecule has 1 aliphatic rings. The molecule has 2 N–H and O–H groups in total. The van der Waals surface area contributed by atoms with Crippen LogP contribution in [-0.4, -0.2) is 21.6 Å². The van der Waals surface area contributed by atoms with Crippen molar-refractivity contribution in [2.45, 2.75) is 31.3 Å². The van der Waals surface area contributed by atoms with E-state index >= 15 is 0 Å². The molecule has 0 bridgehead atoms. The fraction of sp³-hybridized carbons (Fsp3) is 0.385. The van der Waals surface area contributed by atoms with Gasteiger partial charge in [0.1, 0.15) is 11.8 Å². The van der Waals surface area contributed by atoms with Crippen molar-refractivity contribution in [2.75, 3.05) is 0 Å². The van der Waals surface area contributed by atoms with E-state index in [4.69, 9.17) is 4.42 Å². The Morgan fingerprint density at radius 3 is 3.00 bits per heavy atom. The molecule has 0 spiro atoms. The highest BCUT2D eigenvalue weighted by Gasteiger charge is 2.43. The average molecular weight is 278 g/mol. The van der Waals surface area contributed by atoms with Crippen LogP contribution in [0.1, 0.15) is 25.0 Å². The van der Waals surface area contributed by atoms with Crippen molar-refractivity contribution in [3.63, 3.8) is 0 Å². The fourth-order valence-corrected chi connectivity index (χ4v) is 2.81. The summed E-state index contributed by atoms with van der Waals surface area (Å²) in [6.45, 7) is 0.418. The molecule has 0 atom stereocenters. The minimum Gasteiger partial charge on any atom is -0.480 e. The number of nitrogens with zero attached hydrogens (tertiary/aromatic N) is 1. The van der Waals surface area contributed by atoms with Gasteiger partial charge in [-0.2, -0.15) is 0 Å². The summed E-state index contributed by atoms with van der Waals surface area (Å²) in [7, 11) is 0. The van der Waals surface area contributed by atoms with Gasteiger partial charge >= 0.3 is 5.97 Å². The van der Waals surface area contributed by atoms with Crippen LogP contribution in [0.15, 0.2) is 28.2 Å². The summed E-state index contributed by atoms with van der Waals surface area (Å²) in [5.41, 5.74) is -0.0295. The molecular weight excluding hydrogens is 264 g/mol. The van der Waals surface area contributed by atoms with E-state index in [1.54, 1.807) is 17.6 Å². The highest BCUT2D eigenvalue weighted by Crippen LogP contribution is 2.32. The Kier molecular flexibility index (Phi) is 3.12. The molecule has 3 rings (SSSR count). The molecule has 2 aromatic heterocycles. The first-order valence-electron chi connectivity index (χ1n) is 6.16. The third kappa shape index (κ3) is 2.29. The van der Waals surface area contributed by atoms with Crippen LogP contribution in [-0.2, 0) is 11.3 Å². The van der Waals surface area contributed by atoms with Gasteiger partial charge in [0.15, 0.2) is 0 Å². The summed E-state index contributed by atoms with van der Waals surface area (Å²) in [6.07, 6.45) is 3.89. The zero-order chi connectivity index (χ0) is 13.3. The van der Waals surface area contributed by atoms with Gasteiger partial charge < -0.3 is 9.52 Å². The zero-order valence-corrected chi connectivity index (χ0v) is 11.1. The molecule has 2 heterocycles. The number of hydrogen-bond acceptors (Lipinski definition) is 5. The van der Waals surface area contributed by atoms with Gasteiger partial charge in [-0.3, -0.25) is 10.1 Å². The second-order valence-electron chi connectivity index (χ2n) is 4.72. The molecule has 6 heteroatoms. The predicted molar refractivity (Wildman–Crippen MR) is 70.9 cm³/mol. The van der Waals surface area contributed by atoms with Crippen LogP contribution < -0.4 is 5.32 Å². The van der Waals surface area contributed by atoms with Crippen LogP contribution in [0.5, 0.6) is 0 Å². The number of aromatic nitrogens is 1. The van der Waals surface area contributed by atoms with Crippen molar-refractivity contribution in [1.82, 2.24) is 10.3 Å². The van der Waals surface area contributed by atoms with Gasteiger partial charge in [-0.1, -0.05) is 6.07 Å². The van der Waals surface area contributed by atoms with Crippen LogP contribution in [0.2, 0.25) is 0 Å². The Balaban J connectivity index is 1.66. The Labute approximate surface area is 114 Å². The van der Waals surface area contributed by atoms with Gasteiger partial charge in [-0.15, -0.1) is 11.3 Å². The maximum Gasteiger partial charge on any atom is 0.323 e. The number of carboxylic acids is 1. The van der Waals surface area contributed by atoms with Crippen molar-refractivity contribution in [2.24, 2.45) is 0 Å². The molecule has 0 saturated heterocycles. The largest absolute Gasteiger partial charge is 0.480 e. The molecule has 0 radical (unpaired) electrons. The Hall–Kier alpha value is -1.66. The van der Waals surface area contributed by atoms with Crippen molar-refractivity contribution in [3.8, 4) is 10.8 Å². The average Bonchev–Trinajstić information content (AvgIpc) is 2.97. The normalized spacial score (nSPS) is 17.1. The van der Waals surface area contributed by atoms with Gasteiger partial charge in [0.2, 0.25) is 5.89 Å². The molecule has 1 aliphatic carbocycles. The molecule has 100 valence electrons. The summed E-state index contributed by atoms with van der Waals surface area (Å²) in [6, 6.07) is 3.88. The summed E-state index contributed by atoms with van der Waals surface area (Å²) < 4.78 is 5.40. The molecule has 0 aliphatic heterocycles. The highest BCUT2D eigenvalue weighted by atomic mass is 32.1. The van der Waals surface area contributed by atoms with Gasteiger partial charge in [-0.25, -0.2) is 4.98 Å². The van der Waals surface area contributed by atoms with E-state index in [-0.39, 0.29) is 0 Å². The van der Waals surface area contributed by atoms with Crippen molar-refractivity contribution < 1.29 is 14.3 Å². The molecule has 5 nitrogen and oxygen atoms in total. The predicted octanol–water partition coefficient (Wildman–Crippen LogP) is 2.50. The third-order valence-electron chi connectivity index (χ3n) is 3.51. The van der Waals surface area contributed by atoms with Crippen LogP contribution in [0.25, 0.3) is 10.8 Å². The van der Waals surface area contributed by atoms with Crippen LogP contribution in [0.3, 0.4) is 0 Å². The number of oxazole rings is 1. The molecule has 2 aromatic rings. The van der Waals surface area contributed by atoms with Crippen molar-refractivity contribution in [3.05, 3.63) is 29.5 Å². The first-order valence-corrected chi connectivity index (χ1v) is 7.04. The Morgan fingerprint density at radius 1 is 1.58 bits per heavy atom. The Bertz CT molecular complexity index is 572. The number of aliphatic carboxylic acids is 1. The minimum absolute atomic E-state index is 0.418. The maximum absolute atomic E-state index is 11.2. The highest BCUT2D eigenvalue weighted by molar-refractivity contribution is 7.13. The third-order valence-corrected chi connectivity index (χ3v) is 4.37. The number of rotatable bonds is 5. The summed E-state index contributed by atoms with van der Waals surface area (Å²) in [5.74, 6) is -0.189. The SMILES string of the molecule is O=C(O)C1(NCc2coc(-c3cccs3)n2)CCC1. The maximum atomic E-state index is 11.2. The second kappa shape index (κ2) is 4.79. The lowest BCUT2D eigenvalue weighted by Gasteiger charge is -2.38. The van der Waals surface area contributed by atoms with E-state index in [0.29, 0.717) is 25.3 Å². The van der Waals surface area contributed by atoms with Gasteiger partial charge in [-0.05, 0) is 30.7 Å². The molecule has 0 aromatic carbocycles. The van der Waals surface area contributed by atoms with E-state index in [0.717, 1.165) is 17.0 Å². The lowest BCUT2D eigenvalue weighted by molar-refractivity contribution is -0.148. The lowest BCUT2D eigenvalue weighted by Crippen LogP contribution is -2.56. The fourth-order valence-electron chi connectivity index (χ4n) is 2.16. The van der Waals surface area contributed by atoms with Gasteiger partial charge in [0, 0.05) is 6.54 Å².